The van der Waals surface area contributed by atoms with Gasteiger partial charge in [0.2, 0.25) is 5.89 Å². The SMILES string of the molecule is CCc1ccc2oc(-c3cc(NC(=S)NC(=O)c4c(OC)cccc4OC)ccc3Cl)nc2c1. The molecular weight excluding hydrogens is 474 g/mol. The molecule has 0 atom stereocenters. The van der Waals surface area contributed by atoms with Gasteiger partial charge < -0.3 is 19.2 Å². The number of hydrogen-bond donors (Lipinski definition) is 2. The lowest BCUT2D eigenvalue weighted by Crippen LogP contribution is -2.34. The zero-order valence-electron chi connectivity index (χ0n) is 18.8. The van der Waals surface area contributed by atoms with Crippen molar-refractivity contribution in [1.82, 2.24) is 10.3 Å². The maximum atomic E-state index is 12.9. The number of aromatic nitrogens is 1. The van der Waals surface area contributed by atoms with Crippen LogP contribution in [0.4, 0.5) is 5.69 Å². The summed E-state index contributed by atoms with van der Waals surface area (Å²) >= 11 is 11.8. The molecule has 0 radical (unpaired) electrons. The fourth-order valence-electron chi connectivity index (χ4n) is 3.48. The first-order valence-electron chi connectivity index (χ1n) is 10.5. The molecule has 9 heteroatoms. The summed E-state index contributed by atoms with van der Waals surface area (Å²) in [4.78, 5) is 17.4. The second-order valence-corrected chi connectivity index (χ2v) is 8.13. The van der Waals surface area contributed by atoms with E-state index in [1.807, 2.05) is 18.2 Å². The van der Waals surface area contributed by atoms with Crippen molar-refractivity contribution in [3.05, 3.63) is 70.7 Å². The zero-order valence-corrected chi connectivity index (χ0v) is 20.3. The zero-order chi connectivity index (χ0) is 24.2. The number of anilines is 1. The van der Waals surface area contributed by atoms with Crippen molar-refractivity contribution in [2.75, 3.05) is 19.5 Å². The van der Waals surface area contributed by atoms with Gasteiger partial charge in [0.1, 0.15) is 22.6 Å². The summed E-state index contributed by atoms with van der Waals surface area (Å²) in [6.07, 6.45) is 0.905. The van der Waals surface area contributed by atoms with E-state index in [1.54, 1.807) is 36.4 Å². The van der Waals surface area contributed by atoms with E-state index >= 15 is 0 Å². The van der Waals surface area contributed by atoms with Gasteiger partial charge in [-0.15, -0.1) is 0 Å². The predicted molar refractivity (Wildman–Crippen MR) is 137 cm³/mol. The summed E-state index contributed by atoms with van der Waals surface area (Å²) in [5.41, 5.74) is 4.05. The van der Waals surface area contributed by atoms with Crippen LogP contribution >= 0.6 is 23.8 Å². The first-order valence-corrected chi connectivity index (χ1v) is 11.2. The van der Waals surface area contributed by atoms with E-state index in [4.69, 9.17) is 37.7 Å². The fourth-order valence-corrected chi connectivity index (χ4v) is 3.89. The number of aryl methyl sites for hydroxylation is 1. The molecule has 1 aromatic heterocycles. The predicted octanol–water partition coefficient (Wildman–Crippen LogP) is 5.85. The minimum absolute atomic E-state index is 0.0939. The van der Waals surface area contributed by atoms with Crippen LogP contribution in [0.5, 0.6) is 11.5 Å². The maximum Gasteiger partial charge on any atom is 0.264 e. The summed E-state index contributed by atoms with van der Waals surface area (Å²) in [6, 6.07) is 16.2. The molecule has 4 rings (SSSR count). The molecule has 4 aromatic rings. The molecule has 3 aromatic carbocycles. The quantitative estimate of drug-likeness (QED) is 0.324. The second-order valence-electron chi connectivity index (χ2n) is 7.32. The van der Waals surface area contributed by atoms with Crippen LogP contribution in [-0.4, -0.2) is 30.2 Å². The number of thiocarbonyl (C=S) groups is 1. The van der Waals surface area contributed by atoms with Gasteiger partial charge in [-0.2, -0.15) is 0 Å². The lowest BCUT2D eigenvalue weighted by Gasteiger charge is -2.14. The van der Waals surface area contributed by atoms with Crippen LogP contribution < -0.4 is 20.1 Å². The van der Waals surface area contributed by atoms with Crippen LogP contribution in [0, 0.1) is 0 Å². The number of nitrogens with one attached hydrogen (secondary N) is 2. The van der Waals surface area contributed by atoms with Crippen molar-refractivity contribution < 1.29 is 18.7 Å². The van der Waals surface area contributed by atoms with E-state index in [9.17, 15) is 4.79 Å². The Morgan fingerprint density at radius 3 is 2.50 bits per heavy atom. The monoisotopic (exact) mass is 495 g/mol. The number of methoxy groups -OCH3 is 2. The number of rotatable bonds is 6. The number of ether oxygens (including phenoxy) is 2. The largest absolute Gasteiger partial charge is 0.496 e. The Labute approximate surface area is 207 Å². The van der Waals surface area contributed by atoms with E-state index in [0.717, 1.165) is 11.9 Å². The van der Waals surface area contributed by atoms with Crippen LogP contribution in [0.2, 0.25) is 5.02 Å². The summed E-state index contributed by atoms with van der Waals surface area (Å²) in [7, 11) is 2.96. The summed E-state index contributed by atoms with van der Waals surface area (Å²) in [6.45, 7) is 2.08. The van der Waals surface area contributed by atoms with Gasteiger partial charge in [0.05, 0.1) is 24.8 Å². The smallest absolute Gasteiger partial charge is 0.264 e. The van der Waals surface area contributed by atoms with Gasteiger partial charge in [0, 0.05) is 5.69 Å². The normalized spacial score (nSPS) is 10.7. The van der Waals surface area contributed by atoms with Gasteiger partial charge in [-0.05, 0) is 66.7 Å². The molecule has 0 fully saturated rings. The molecule has 7 nitrogen and oxygen atoms in total. The van der Waals surface area contributed by atoms with Crippen LogP contribution in [-0.2, 0) is 6.42 Å². The van der Waals surface area contributed by atoms with Crippen molar-refractivity contribution in [1.29, 1.82) is 0 Å². The Kier molecular flexibility index (Phi) is 7.00. The number of hydrogen-bond acceptors (Lipinski definition) is 6. The van der Waals surface area contributed by atoms with E-state index in [2.05, 4.69) is 22.5 Å². The molecule has 0 saturated carbocycles. The minimum Gasteiger partial charge on any atom is -0.496 e. The highest BCUT2D eigenvalue weighted by Crippen LogP contribution is 2.33. The molecular formula is C25H22ClN3O4S. The molecule has 0 aliphatic heterocycles. The van der Waals surface area contributed by atoms with E-state index in [-0.39, 0.29) is 10.7 Å². The Hall–Kier alpha value is -3.62. The summed E-state index contributed by atoms with van der Waals surface area (Å²) in [5.74, 6) is 0.670. The number of fused-ring (bicyclic) bond motifs is 1. The molecule has 1 amide bonds. The van der Waals surface area contributed by atoms with Crippen LogP contribution in [0.3, 0.4) is 0 Å². The van der Waals surface area contributed by atoms with E-state index in [0.29, 0.717) is 39.2 Å². The number of carbonyl (C=O) groups is 1. The van der Waals surface area contributed by atoms with Crippen molar-refractivity contribution in [3.63, 3.8) is 0 Å². The number of oxazole rings is 1. The molecule has 2 N–H and O–H groups in total. The van der Waals surface area contributed by atoms with Gasteiger partial charge in [-0.3, -0.25) is 10.1 Å². The van der Waals surface area contributed by atoms with Crippen LogP contribution in [0.15, 0.2) is 59.0 Å². The summed E-state index contributed by atoms with van der Waals surface area (Å²) in [5, 5.41) is 6.22. The molecule has 1 heterocycles. The highest BCUT2D eigenvalue weighted by atomic mass is 35.5. The molecule has 0 unspecified atom stereocenters. The van der Waals surface area contributed by atoms with Crippen LogP contribution in [0.25, 0.3) is 22.6 Å². The van der Waals surface area contributed by atoms with Gasteiger partial charge in [0.15, 0.2) is 10.7 Å². The molecule has 0 aliphatic carbocycles. The number of halogens is 1. The molecule has 0 saturated heterocycles. The van der Waals surface area contributed by atoms with Crippen molar-refractivity contribution in [2.45, 2.75) is 13.3 Å². The molecule has 0 spiro atoms. The van der Waals surface area contributed by atoms with Crippen molar-refractivity contribution in [2.24, 2.45) is 0 Å². The first-order chi connectivity index (χ1) is 16.4. The molecule has 174 valence electrons. The van der Waals surface area contributed by atoms with Crippen molar-refractivity contribution >= 4 is 51.6 Å². The molecule has 0 bridgehead atoms. The topological polar surface area (TPSA) is 85.6 Å². The highest BCUT2D eigenvalue weighted by molar-refractivity contribution is 7.80. The Balaban J connectivity index is 1.55. The number of amides is 1. The third-order valence-corrected chi connectivity index (χ3v) is 5.73. The van der Waals surface area contributed by atoms with Gasteiger partial charge in [-0.25, -0.2) is 4.98 Å². The standard InChI is InChI=1S/C25H22ClN3O4S/c1-4-14-8-11-19-18(12-14)28-24(33-19)16-13-15(9-10-17(16)26)27-25(34)29-23(30)22-20(31-2)6-5-7-21(22)32-3/h5-13H,4H2,1-3H3,(H2,27,29,30,34). The Morgan fingerprint density at radius 2 is 1.82 bits per heavy atom. The second kappa shape index (κ2) is 10.1. The number of carbonyl (C=O) groups excluding carboxylic acids is 1. The third kappa shape index (κ3) is 4.83. The average Bonchev–Trinajstić information content (AvgIpc) is 3.27. The molecule has 34 heavy (non-hydrogen) atoms. The van der Waals surface area contributed by atoms with E-state index in [1.165, 1.54) is 19.8 Å². The number of nitrogens with zero attached hydrogens (tertiary/aromatic N) is 1. The maximum absolute atomic E-state index is 12.9. The number of benzene rings is 3. The third-order valence-electron chi connectivity index (χ3n) is 5.20. The fraction of sp³-hybridized carbons (Fsp3) is 0.160. The Morgan fingerprint density at radius 1 is 1.09 bits per heavy atom. The van der Waals surface area contributed by atoms with Gasteiger partial charge in [-0.1, -0.05) is 30.7 Å². The lowest BCUT2D eigenvalue weighted by atomic mass is 10.1. The average molecular weight is 496 g/mol. The van der Waals surface area contributed by atoms with E-state index < -0.39 is 5.91 Å². The first kappa shape index (κ1) is 23.5. The summed E-state index contributed by atoms with van der Waals surface area (Å²) < 4.78 is 16.5. The Bertz CT molecular complexity index is 1360. The van der Waals surface area contributed by atoms with Crippen LogP contribution in [0.1, 0.15) is 22.8 Å². The minimum atomic E-state index is -0.466. The lowest BCUT2D eigenvalue weighted by molar-refractivity contribution is 0.0971. The molecule has 0 aliphatic rings. The van der Waals surface area contributed by atoms with Gasteiger partial charge >= 0.3 is 0 Å². The van der Waals surface area contributed by atoms with Gasteiger partial charge in [0.25, 0.3) is 5.91 Å². The highest BCUT2D eigenvalue weighted by Gasteiger charge is 2.19. The van der Waals surface area contributed by atoms with Crippen molar-refractivity contribution in [3.8, 4) is 23.0 Å².